The Morgan fingerprint density at radius 2 is 1.45 bits per heavy atom. The predicted octanol–water partition coefficient (Wildman–Crippen LogP) is 5.15. The molecule has 0 radical (unpaired) electrons. The molecule has 2 N–H and O–H groups in total. The smallest absolute Gasteiger partial charge is 0.337 e. The number of aromatic carboxylic acids is 1. The summed E-state index contributed by atoms with van der Waals surface area (Å²) in [6.45, 7) is 1.16. The Balaban J connectivity index is 1.47. The first-order chi connectivity index (χ1) is 15.7. The summed E-state index contributed by atoms with van der Waals surface area (Å²) in [6, 6.07) is 21.1. The summed E-state index contributed by atoms with van der Waals surface area (Å²) in [4.78, 5) is 13.6. The van der Waals surface area contributed by atoms with Crippen molar-refractivity contribution < 1.29 is 18.3 Å². The lowest BCUT2D eigenvalue weighted by Crippen LogP contribution is -2.51. The second-order valence-electron chi connectivity index (χ2n) is 8.06. The van der Waals surface area contributed by atoms with Gasteiger partial charge in [0.25, 0.3) is 0 Å². The number of likely N-dealkylation sites (tertiary alicyclic amines) is 1. The second-order valence-corrected chi connectivity index (χ2v) is 10.7. The largest absolute Gasteiger partial charge is 0.478 e. The summed E-state index contributed by atoms with van der Waals surface area (Å²) in [5, 5.41) is 10.6. The molecule has 0 unspecified atom stereocenters. The molecule has 172 valence electrons. The molecule has 0 aromatic heterocycles. The van der Waals surface area contributed by atoms with Gasteiger partial charge in [0.15, 0.2) is 0 Å². The highest BCUT2D eigenvalue weighted by molar-refractivity contribution is 7.92. The molecule has 1 fully saturated rings. The van der Waals surface area contributed by atoms with Gasteiger partial charge in [0.1, 0.15) is 0 Å². The summed E-state index contributed by atoms with van der Waals surface area (Å²) in [6.07, 6.45) is 0. The number of rotatable bonds is 8. The third-order valence-electron chi connectivity index (χ3n) is 5.60. The van der Waals surface area contributed by atoms with Crippen LogP contribution in [0.4, 0.5) is 5.69 Å². The molecule has 0 saturated carbocycles. The number of hydrogen-bond donors (Lipinski definition) is 2. The first-order valence-electron chi connectivity index (χ1n) is 10.3. The van der Waals surface area contributed by atoms with E-state index in [2.05, 4.69) is 9.62 Å². The summed E-state index contributed by atoms with van der Waals surface area (Å²) in [7, 11) is -3.72. The number of carbonyl (C=O) groups is 1. The maximum Gasteiger partial charge on any atom is 0.337 e. The molecule has 1 aliphatic rings. The van der Waals surface area contributed by atoms with Gasteiger partial charge in [-0.15, -0.1) is 0 Å². The summed E-state index contributed by atoms with van der Waals surface area (Å²) >= 11 is 12.1. The van der Waals surface area contributed by atoms with Gasteiger partial charge in [-0.2, -0.15) is 0 Å². The third-order valence-corrected chi connectivity index (χ3v) is 7.55. The fraction of sp³-hybridized carbons (Fsp3) is 0.208. The van der Waals surface area contributed by atoms with Crippen LogP contribution in [0.25, 0.3) is 0 Å². The molecule has 9 heteroatoms. The lowest BCUT2D eigenvalue weighted by molar-refractivity contribution is 0.0698. The van der Waals surface area contributed by atoms with Crippen molar-refractivity contribution in [1.29, 1.82) is 0 Å². The molecule has 1 saturated heterocycles. The molecule has 4 rings (SSSR count). The van der Waals surface area contributed by atoms with E-state index in [0.29, 0.717) is 23.1 Å². The summed E-state index contributed by atoms with van der Waals surface area (Å²) in [5.74, 6) is -1.36. The predicted molar refractivity (Wildman–Crippen MR) is 131 cm³/mol. The van der Waals surface area contributed by atoms with E-state index in [1.54, 1.807) is 12.1 Å². The van der Waals surface area contributed by atoms with Gasteiger partial charge in [-0.1, -0.05) is 59.6 Å². The first-order valence-corrected chi connectivity index (χ1v) is 12.7. The van der Waals surface area contributed by atoms with Crippen LogP contribution in [-0.2, 0) is 10.0 Å². The van der Waals surface area contributed by atoms with Crippen LogP contribution in [0.2, 0.25) is 10.0 Å². The van der Waals surface area contributed by atoms with Gasteiger partial charge in [-0.05, 0) is 47.5 Å². The van der Waals surface area contributed by atoms with Gasteiger partial charge < -0.3 is 5.11 Å². The highest BCUT2D eigenvalue weighted by atomic mass is 35.5. The van der Waals surface area contributed by atoms with E-state index in [1.807, 2.05) is 48.5 Å². The van der Waals surface area contributed by atoms with E-state index in [9.17, 15) is 18.3 Å². The number of carboxylic acids is 1. The molecule has 0 spiro atoms. The van der Waals surface area contributed by atoms with Gasteiger partial charge in [0.05, 0.1) is 23.0 Å². The van der Waals surface area contributed by atoms with E-state index in [0.717, 1.165) is 11.1 Å². The van der Waals surface area contributed by atoms with Crippen LogP contribution in [0.5, 0.6) is 0 Å². The van der Waals surface area contributed by atoms with Crippen molar-refractivity contribution in [2.45, 2.75) is 6.04 Å². The average molecular weight is 505 g/mol. The Kier molecular flexibility index (Phi) is 6.95. The third kappa shape index (κ3) is 5.68. The Morgan fingerprint density at radius 3 is 1.97 bits per heavy atom. The van der Waals surface area contributed by atoms with Gasteiger partial charge in [0, 0.05) is 29.1 Å². The number of anilines is 1. The van der Waals surface area contributed by atoms with Gasteiger partial charge in [-0.3, -0.25) is 9.62 Å². The molecule has 1 aliphatic heterocycles. The second kappa shape index (κ2) is 9.73. The molecule has 0 atom stereocenters. The number of nitrogens with zero attached hydrogens (tertiary/aromatic N) is 1. The fourth-order valence-corrected chi connectivity index (χ4v) is 5.79. The minimum atomic E-state index is -3.72. The Bertz CT molecular complexity index is 1200. The highest BCUT2D eigenvalue weighted by Crippen LogP contribution is 2.36. The standard InChI is InChI=1S/C24H22Cl2N2O4S/c25-19-9-5-17(6-10-19)23(18-7-11-20(26)12-8-18)28-13-16(14-28)15-33(31,32)27-22-4-2-1-3-21(22)24(29)30/h1-12,16,23,27H,13-15H2,(H,29,30). The highest BCUT2D eigenvalue weighted by Gasteiger charge is 2.36. The summed E-state index contributed by atoms with van der Waals surface area (Å²) in [5.41, 5.74) is 2.09. The molecule has 1 heterocycles. The molecule has 0 amide bonds. The quantitative estimate of drug-likeness (QED) is 0.442. The molecule has 6 nitrogen and oxygen atoms in total. The normalized spacial score (nSPS) is 14.8. The summed E-state index contributed by atoms with van der Waals surface area (Å²) < 4.78 is 27.9. The van der Waals surface area contributed by atoms with Crippen LogP contribution < -0.4 is 4.72 Å². The van der Waals surface area contributed by atoms with E-state index < -0.39 is 16.0 Å². The maximum absolute atomic E-state index is 12.7. The van der Waals surface area contributed by atoms with Crippen molar-refractivity contribution >= 4 is 44.9 Å². The zero-order valence-corrected chi connectivity index (χ0v) is 19.8. The lowest BCUT2D eigenvalue weighted by atomic mass is 9.91. The van der Waals surface area contributed by atoms with Crippen LogP contribution in [0, 0.1) is 5.92 Å². The molecule has 33 heavy (non-hydrogen) atoms. The number of nitrogens with one attached hydrogen (secondary N) is 1. The molecular formula is C24H22Cl2N2O4S. The molecule has 0 bridgehead atoms. The lowest BCUT2D eigenvalue weighted by Gasteiger charge is -2.44. The number of para-hydroxylation sites is 1. The SMILES string of the molecule is O=C(O)c1ccccc1NS(=O)(=O)CC1CN(C(c2ccc(Cl)cc2)c2ccc(Cl)cc2)C1. The van der Waals surface area contributed by atoms with E-state index in [-0.39, 0.29) is 29.0 Å². The van der Waals surface area contributed by atoms with Crippen molar-refractivity contribution in [3.05, 3.63) is 99.5 Å². The molecular weight excluding hydrogens is 483 g/mol. The Morgan fingerprint density at radius 1 is 0.939 bits per heavy atom. The first kappa shape index (κ1) is 23.6. The monoisotopic (exact) mass is 504 g/mol. The number of halogens is 2. The Labute approximate surface area is 202 Å². The van der Waals surface area contributed by atoms with E-state index >= 15 is 0 Å². The van der Waals surface area contributed by atoms with Gasteiger partial charge >= 0.3 is 5.97 Å². The minimum absolute atomic E-state index is 0.0563. The van der Waals surface area contributed by atoms with Gasteiger partial charge in [0.2, 0.25) is 10.0 Å². The van der Waals surface area contributed by atoms with Crippen LogP contribution in [0.1, 0.15) is 27.5 Å². The number of carboxylic acid groups (broad SMARTS) is 1. The van der Waals surface area contributed by atoms with Crippen molar-refractivity contribution in [3.63, 3.8) is 0 Å². The van der Waals surface area contributed by atoms with Crippen LogP contribution in [-0.4, -0.2) is 43.2 Å². The fourth-order valence-electron chi connectivity index (χ4n) is 4.11. The number of benzene rings is 3. The molecule has 0 aliphatic carbocycles. The van der Waals surface area contributed by atoms with Crippen molar-refractivity contribution in [2.75, 3.05) is 23.6 Å². The molecule has 3 aromatic carbocycles. The maximum atomic E-state index is 12.7. The van der Waals surface area contributed by atoms with E-state index in [1.165, 1.54) is 12.1 Å². The van der Waals surface area contributed by atoms with Crippen LogP contribution >= 0.6 is 23.2 Å². The molecule has 3 aromatic rings. The Hall–Kier alpha value is -2.58. The van der Waals surface area contributed by atoms with Crippen LogP contribution in [0.3, 0.4) is 0 Å². The van der Waals surface area contributed by atoms with Crippen molar-refractivity contribution in [3.8, 4) is 0 Å². The van der Waals surface area contributed by atoms with Crippen LogP contribution in [0.15, 0.2) is 72.8 Å². The van der Waals surface area contributed by atoms with Gasteiger partial charge in [-0.25, -0.2) is 13.2 Å². The van der Waals surface area contributed by atoms with Crippen molar-refractivity contribution in [1.82, 2.24) is 4.90 Å². The zero-order valence-electron chi connectivity index (χ0n) is 17.5. The topological polar surface area (TPSA) is 86.7 Å². The van der Waals surface area contributed by atoms with E-state index in [4.69, 9.17) is 23.2 Å². The number of sulfonamides is 1. The minimum Gasteiger partial charge on any atom is -0.478 e. The number of hydrogen-bond acceptors (Lipinski definition) is 4. The average Bonchev–Trinajstić information content (AvgIpc) is 2.74. The zero-order chi connectivity index (χ0) is 23.6. The van der Waals surface area contributed by atoms with Crippen molar-refractivity contribution in [2.24, 2.45) is 5.92 Å².